The van der Waals surface area contributed by atoms with Gasteiger partial charge in [-0.15, -0.1) is 0 Å². The van der Waals surface area contributed by atoms with Crippen molar-refractivity contribution in [1.29, 1.82) is 0 Å². The standard InChI is InChI=1S/C28H40NO5P/c30-28(29-20-14-8-6-4-2-1-3-5-7-9-15-21-35(31,32)33)34-22-27-25-18-12-10-16-23(25)24-17-11-13-19-26(24)27/h10-13,16-19,27H,1-9,14-15,20-22H2,(H,29,30)(H2,31,32,33). The van der Waals surface area contributed by atoms with E-state index >= 15 is 0 Å². The molecule has 1 aliphatic rings. The van der Waals surface area contributed by atoms with Crippen LogP contribution < -0.4 is 5.32 Å². The number of ether oxygens (including phenoxy) is 1. The minimum absolute atomic E-state index is 0.0170. The molecule has 0 atom stereocenters. The van der Waals surface area contributed by atoms with E-state index in [-0.39, 0.29) is 18.2 Å². The van der Waals surface area contributed by atoms with Gasteiger partial charge in [-0.05, 0) is 35.1 Å². The minimum atomic E-state index is -3.81. The molecule has 1 amide bonds. The number of carbonyl (C=O) groups excluding carboxylic acids is 1. The molecule has 192 valence electrons. The molecule has 0 saturated carbocycles. The van der Waals surface area contributed by atoms with Crippen LogP contribution in [0.25, 0.3) is 11.1 Å². The third-order valence-electron chi connectivity index (χ3n) is 6.74. The van der Waals surface area contributed by atoms with Gasteiger partial charge in [0, 0.05) is 18.6 Å². The topological polar surface area (TPSA) is 95.9 Å². The molecular formula is C28H40NO5P. The third-order valence-corrected chi connectivity index (χ3v) is 7.64. The Kier molecular flexibility index (Phi) is 11.3. The zero-order chi connectivity index (χ0) is 24.9. The highest BCUT2D eigenvalue weighted by Crippen LogP contribution is 2.44. The maximum Gasteiger partial charge on any atom is 0.407 e. The zero-order valence-corrected chi connectivity index (χ0v) is 21.6. The Balaban J connectivity index is 1.18. The van der Waals surface area contributed by atoms with Crippen LogP contribution in [0.4, 0.5) is 4.79 Å². The summed E-state index contributed by atoms with van der Waals surface area (Å²) in [7, 11) is -3.81. The average molecular weight is 502 g/mol. The lowest BCUT2D eigenvalue weighted by Crippen LogP contribution is -2.27. The molecule has 2 aromatic carbocycles. The normalized spacial score (nSPS) is 12.9. The Morgan fingerprint density at radius 2 is 1.20 bits per heavy atom. The first-order chi connectivity index (χ1) is 17.0. The average Bonchev–Trinajstić information content (AvgIpc) is 3.16. The van der Waals surface area contributed by atoms with Crippen LogP contribution in [-0.2, 0) is 9.30 Å². The van der Waals surface area contributed by atoms with E-state index in [0.717, 1.165) is 32.1 Å². The fourth-order valence-corrected chi connectivity index (χ4v) is 5.51. The molecule has 0 saturated heterocycles. The summed E-state index contributed by atoms with van der Waals surface area (Å²) in [6.45, 7) is 0.995. The lowest BCUT2D eigenvalue weighted by atomic mass is 9.98. The van der Waals surface area contributed by atoms with Gasteiger partial charge in [-0.1, -0.05) is 106 Å². The summed E-state index contributed by atoms with van der Waals surface area (Å²) < 4.78 is 16.4. The summed E-state index contributed by atoms with van der Waals surface area (Å²) in [6.07, 6.45) is 11.5. The number of alkyl carbamates (subject to hydrolysis) is 1. The quantitative estimate of drug-likeness (QED) is 0.170. The van der Waals surface area contributed by atoms with Gasteiger partial charge in [0.25, 0.3) is 0 Å². The summed E-state index contributed by atoms with van der Waals surface area (Å²) in [4.78, 5) is 29.9. The summed E-state index contributed by atoms with van der Waals surface area (Å²) >= 11 is 0. The Morgan fingerprint density at radius 1 is 0.743 bits per heavy atom. The van der Waals surface area contributed by atoms with Gasteiger partial charge in [-0.2, -0.15) is 0 Å². The highest BCUT2D eigenvalue weighted by atomic mass is 31.2. The molecule has 0 radical (unpaired) electrons. The van der Waals surface area contributed by atoms with Crippen molar-refractivity contribution in [2.45, 2.75) is 76.5 Å². The van der Waals surface area contributed by atoms with Gasteiger partial charge in [-0.25, -0.2) is 4.79 Å². The van der Waals surface area contributed by atoms with Gasteiger partial charge in [0.2, 0.25) is 0 Å². The van der Waals surface area contributed by atoms with E-state index in [2.05, 4.69) is 29.6 Å². The maximum atomic E-state index is 12.2. The maximum absolute atomic E-state index is 12.2. The fraction of sp³-hybridized carbons (Fsp3) is 0.536. The van der Waals surface area contributed by atoms with E-state index in [1.165, 1.54) is 54.4 Å². The fourth-order valence-electron chi connectivity index (χ4n) is 4.87. The largest absolute Gasteiger partial charge is 0.449 e. The van der Waals surface area contributed by atoms with Crippen LogP contribution in [0.3, 0.4) is 0 Å². The van der Waals surface area contributed by atoms with Crippen LogP contribution in [0.2, 0.25) is 0 Å². The van der Waals surface area contributed by atoms with E-state index in [1.807, 2.05) is 24.3 Å². The van der Waals surface area contributed by atoms with Crippen LogP contribution in [0.1, 0.15) is 87.7 Å². The van der Waals surface area contributed by atoms with Crippen molar-refractivity contribution >= 4 is 13.7 Å². The molecule has 0 aromatic heterocycles. The lowest BCUT2D eigenvalue weighted by molar-refractivity contribution is 0.143. The second-order valence-electron chi connectivity index (χ2n) is 9.53. The number of benzene rings is 2. The number of rotatable bonds is 16. The Bertz CT molecular complexity index is 928. The van der Waals surface area contributed by atoms with Crippen molar-refractivity contribution < 1.29 is 23.9 Å². The number of nitrogens with one attached hydrogen (secondary N) is 1. The third kappa shape index (κ3) is 9.44. The van der Waals surface area contributed by atoms with E-state index in [1.54, 1.807) is 0 Å². The Morgan fingerprint density at radius 3 is 1.71 bits per heavy atom. The van der Waals surface area contributed by atoms with Gasteiger partial charge in [-0.3, -0.25) is 4.57 Å². The summed E-state index contributed by atoms with van der Waals surface area (Å²) in [5, 5.41) is 2.89. The first-order valence-electron chi connectivity index (χ1n) is 13.1. The number of hydrogen-bond donors (Lipinski definition) is 3. The Hall–Kier alpha value is -2.14. The highest BCUT2D eigenvalue weighted by Gasteiger charge is 2.28. The first kappa shape index (κ1) is 27.4. The molecule has 35 heavy (non-hydrogen) atoms. The van der Waals surface area contributed by atoms with Crippen LogP contribution in [0.15, 0.2) is 48.5 Å². The van der Waals surface area contributed by atoms with E-state index in [4.69, 9.17) is 14.5 Å². The molecule has 0 unspecified atom stereocenters. The monoisotopic (exact) mass is 501 g/mol. The molecule has 0 fully saturated rings. The van der Waals surface area contributed by atoms with Crippen LogP contribution in [0.5, 0.6) is 0 Å². The molecule has 0 bridgehead atoms. The highest BCUT2D eigenvalue weighted by molar-refractivity contribution is 7.51. The van der Waals surface area contributed by atoms with E-state index in [0.29, 0.717) is 19.6 Å². The van der Waals surface area contributed by atoms with Crippen molar-refractivity contribution in [2.24, 2.45) is 0 Å². The van der Waals surface area contributed by atoms with Gasteiger partial charge >= 0.3 is 13.7 Å². The molecule has 0 heterocycles. The number of hydrogen-bond acceptors (Lipinski definition) is 3. The zero-order valence-electron chi connectivity index (χ0n) is 20.7. The molecule has 6 nitrogen and oxygen atoms in total. The molecule has 7 heteroatoms. The minimum Gasteiger partial charge on any atom is -0.449 e. The molecule has 3 rings (SSSR count). The molecule has 0 spiro atoms. The molecule has 2 aromatic rings. The Labute approximate surface area is 209 Å². The van der Waals surface area contributed by atoms with Gasteiger partial charge in [0.15, 0.2) is 0 Å². The smallest absolute Gasteiger partial charge is 0.407 e. The van der Waals surface area contributed by atoms with E-state index < -0.39 is 7.60 Å². The summed E-state index contributed by atoms with van der Waals surface area (Å²) in [5.74, 6) is 0.0906. The SMILES string of the molecule is O=C(NCCCCCCCCCCCCCP(=O)(O)O)OCC1c2ccccc2-c2ccccc21. The van der Waals surface area contributed by atoms with Crippen molar-refractivity contribution in [3.05, 3.63) is 59.7 Å². The van der Waals surface area contributed by atoms with Gasteiger partial charge in [0.1, 0.15) is 6.61 Å². The van der Waals surface area contributed by atoms with Crippen molar-refractivity contribution in [1.82, 2.24) is 5.32 Å². The summed E-state index contributed by atoms with van der Waals surface area (Å²) in [6, 6.07) is 16.7. The van der Waals surface area contributed by atoms with Crippen LogP contribution >= 0.6 is 7.60 Å². The predicted molar refractivity (Wildman–Crippen MR) is 141 cm³/mol. The van der Waals surface area contributed by atoms with Crippen molar-refractivity contribution in [3.8, 4) is 11.1 Å². The molecule has 0 aliphatic heterocycles. The second kappa shape index (κ2) is 14.4. The predicted octanol–water partition coefficient (Wildman–Crippen LogP) is 6.99. The number of carbonyl (C=O) groups is 1. The van der Waals surface area contributed by atoms with Crippen molar-refractivity contribution in [3.63, 3.8) is 0 Å². The van der Waals surface area contributed by atoms with Crippen LogP contribution in [-0.4, -0.2) is 35.2 Å². The van der Waals surface area contributed by atoms with E-state index in [9.17, 15) is 9.36 Å². The lowest BCUT2D eigenvalue weighted by Gasteiger charge is -2.14. The molecule has 1 aliphatic carbocycles. The van der Waals surface area contributed by atoms with Crippen LogP contribution in [0, 0.1) is 0 Å². The van der Waals surface area contributed by atoms with Gasteiger partial charge < -0.3 is 19.8 Å². The second-order valence-corrected chi connectivity index (χ2v) is 11.3. The number of amides is 1. The molecular weight excluding hydrogens is 461 g/mol. The number of fused-ring (bicyclic) bond motifs is 3. The van der Waals surface area contributed by atoms with Gasteiger partial charge in [0.05, 0.1) is 0 Å². The summed E-state index contributed by atoms with van der Waals surface area (Å²) in [5.41, 5.74) is 4.91. The first-order valence-corrected chi connectivity index (χ1v) is 14.9. The van der Waals surface area contributed by atoms with Crippen molar-refractivity contribution in [2.75, 3.05) is 19.3 Å². The molecule has 3 N–H and O–H groups in total. The number of unbranched alkanes of at least 4 members (excludes halogenated alkanes) is 10.